The fourth-order valence-corrected chi connectivity index (χ4v) is 25.8. The maximum absolute atomic E-state index is 13.6. The van der Waals surface area contributed by atoms with E-state index in [1.807, 2.05) is 54.7 Å². The molecule has 0 atom stereocenters. The van der Waals surface area contributed by atoms with Crippen LogP contribution in [-0.2, 0) is 85.6 Å². The molecule has 8 heterocycles. The zero-order chi connectivity index (χ0) is 89.5. The number of rotatable bonds is 25. The zero-order valence-corrected chi connectivity index (χ0v) is 74.0. The molecule has 8 aliphatic rings. The molecular weight excluding hydrogens is 1700 g/mol. The van der Waals surface area contributed by atoms with Crippen LogP contribution in [0.15, 0.2) is 208 Å². The van der Waals surface area contributed by atoms with Gasteiger partial charge < -0.3 is 19.1 Å². The first-order valence-electron chi connectivity index (χ1n) is 43.6. The first kappa shape index (κ1) is 93.1. The highest BCUT2D eigenvalue weighted by Gasteiger charge is 2.57. The van der Waals surface area contributed by atoms with E-state index in [1.165, 1.54) is 129 Å². The second kappa shape index (κ2) is 41.1. The minimum atomic E-state index is -4.04. The third kappa shape index (κ3) is 20.5. The first-order valence-corrected chi connectivity index (χ1v) is 49.5. The molecule has 9 aromatic rings. The highest BCUT2D eigenvalue weighted by molar-refractivity contribution is 7.94. The summed E-state index contributed by atoms with van der Waals surface area (Å²) in [6.07, 6.45) is 31.6. The Morgan fingerprint density at radius 2 is 0.701 bits per heavy atom. The summed E-state index contributed by atoms with van der Waals surface area (Å²) in [7, 11) is -16.1. The molecule has 30 nitrogen and oxygen atoms in total. The smallest absolute Gasteiger partial charge is 0.265 e. The van der Waals surface area contributed by atoms with Crippen LogP contribution in [0.25, 0.3) is 56.2 Å². The standard InChI is InChI=1S/C26H27N3O4S.C25H32N2O5S.2C21H25N3O5S/c30-25(28-31)26(14-16-29(17-15-26)22-9-10-22)34(32,33)23-11-6-20(7-12-23)24-13-8-21(18-27-24)19-4-2-1-3-5-19;28-24(27-29)25(14-16-32-17-15-25)33(30,31)22-11-9-21(10-12-22)23-13-8-20(18-26-23)7-6-19-4-2-1-3-5-19;25-20(24-26)21(9-11-29-12-10-21)30(27,28)18-7-4-16(5-8-18)19-14-22-17(13-23-19)6-3-15-1-2-15;25-20(24-26)21(9-11-29-12-10-21)30(27,28)17-7-5-16(6-8-17)19-14-22-18(13-23-19)15-3-1-2-4-15/h1-8,11-13,18,22,31H,9-10,14-17H2,(H,28,30);8-13,18-19,29H,1-7,14-17H2,(H,27,28);4-5,7-8,13-15,26H,1-3,6,9-12H2,(H,24,25);5-8,13-15,26H,1-4,9-12H2,(H,24,25). The zero-order valence-electron chi connectivity index (χ0n) is 70.7. The van der Waals surface area contributed by atoms with Gasteiger partial charge in [-0.25, -0.2) is 55.6 Å². The summed E-state index contributed by atoms with van der Waals surface area (Å²) in [4.78, 5) is 79.2. The van der Waals surface area contributed by atoms with Gasteiger partial charge in [0.15, 0.2) is 58.3 Å². The van der Waals surface area contributed by atoms with Crippen LogP contribution in [0.5, 0.6) is 0 Å². The third-order valence-electron chi connectivity index (χ3n) is 26.4. The topological polar surface area (TPSA) is 442 Å². The maximum atomic E-state index is 13.6. The van der Waals surface area contributed by atoms with Gasteiger partial charge in [-0.2, -0.15) is 0 Å². The van der Waals surface area contributed by atoms with Gasteiger partial charge in [0.05, 0.1) is 66.1 Å². The number of aryl methyl sites for hydroxylation is 2. The monoisotopic (exact) mass is 1810 g/mol. The summed E-state index contributed by atoms with van der Waals surface area (Å²) in [6.45, 7) is 1.85. The van der Waals surface area contributed by atoms with Gasteiger partial charge in [-0.05, 0) is 186 Å². The Bertz CT molecular complexity index is 5710. The highest BCUT2D eigenvalue weighted by atomic mass is 32.2. The summed E-state index contributed by atoms with van der Waals surface area (Å²) in [6, 6.07) is 43.8. The van der Waals surface area contributed by atoms with Gasteiger partial charge in [0.1, 0.15) is 0 Å². The second-order valence-corrected chi connectivity index (χ2v) is 43.1. The Hall–Kier alpha value is -10.1. The number of amides is 4. The molecule has 0 bridgehead atoms. The van der Waals surface area contributed by atoms with Crippen molar-refractivity contribution >= 4 is 63.0 Å². The lowest BCUT2D eigenvalue weighted by Gasteiger charge is -2.39. The van der Waals surface area contributed by atoms with Crippen LogP contribution >= 0.6 is 0 Å². The predicted octanol–water partition coefficient (Wildman–Crippen LogP) is 12.7. The van der Waals surface area contributed by atoms with Crippen LogP contribution in [0.4, 0.5) is 0 Å². The van der Waals surface area contributed by atoms with Crippen molar-refractivity contribution < 1.29 is 87.9 Å². The highest BCUT2D eigenvalue weighted by Crippen LogP contribution is 2.44. The van der Waals surface area contributed by atoms with Gasteiger partial charge in [0.2, 0.25) is 0 Å². The number of aromatic nitrogens is 6. The number of carbonyl (C=O) groups excluding carboxylic acids is 4. The van der Waals surface area contributed by atoms with E-state index in [9.17, 15) is 63.3 Å². The fraction of sp³-hybridized carbons (Fsp3) is 0.441. The molecule has 4 aliphatic heterocycles. The molecule has 8 fully saturated rings. The molecule has 127 heavy (non-hydrogen) atoms. The summed E-state index contributed by atoms with van der Waals surface area (Å²) in [5.41, 5.74) is 17.4. The average Bonchev–Trinajstić information content (AvgIpc) is 1.54. The van der Waals surface area contributed by atoms with Crippen LogP contribution < -0.4 is 21.9 Å². The number of sulfone groups is 4. The van der Waals surface area contributed by atoms with E-state index in [0.717, 1.165) is 113 Å². The van der Waals surface area contributed by atoms with Crippen LogP contribution in [0.3, 0.4) is 0 Å². The number of nitrogens with zero attached hydrogens (tertiary/aromatic N) is 7. The van der Waals surface area contributed by atoms with Crippen LogP contribution in [-0.4, -0.2) is 191 Å². The Morgan fingerprint density at radius 1 is 0.339 bits per heavy atom. The molecule has 0 unspecified atom stereocenters. The number of ether oxygens (including phenoxy) is 3. The third-order valence-corrected chi connectivity index (χ3v) is 36.5. The maximum Gasteiger partial charge on any atom is 0.265 e. The molecule has 34 heteroatoms. The molecule has 4 saturated carbocycles. The molecule has 4 saturated heterocycles. The van der Waals surface area contributed by atoms with Crippen molar-refractivity contribution in [1.82, 2.24) is 56.7 Å². The van der Waals surface area contributed by atoms with Gasteiger partial charge in [0.25, 0.3) is 23.6 Å². The number of benzene rings is 5. The molecule has 4 aliphatic carbocycles. The number of hydrogen-bond acceptors (Lipinski definition) is 26. The Balaban J connectivity index is 0.000000137. The second-order valence-electron chi connectivity index (χ2n) is 34.0. The van der Waals surface area contributed by atoms with Crippen molar-refractivity contribution in [3.8, 4) is 56.2 Å². The van der Waals surface area contributed by atoms with E-state index in [0.29, 0.717) is 36.4 Å². The largest absolute Gasteiger partial charge is 0.381 e. The molecular formula is C93H109N11O19S4. The van der Waals surface area contributed by atoms with Gasteiger partial charge in [-0.3, -0.25) is 69.9 Å². The molecule has 5 aromatic carbocycles. The van der Waals surface area contributed by atoms with E-state index in [4.69, 9.17) is 24.6 Å². The minimum absolute atomic E-state index is 0.00659. The molecule has 0 spiro atoms. The van der Waals surface area contributed by atoms with Gasteiger partial charge in [0, 0.05) is 117 Å². The molecule has 674 valence electrons. The van der Waals surface area contributed by atoms with Crippen molar-refractivity contribution in [1.29, 1.82) is 0 Å². The summed E-state index contributed by atoms with van der Waals surface area (Å²) in [5, 5.41) is 36.8. The number of hydroxylamine groups is 4. The first-order chi connectivity index (χ1) is 61.3. The van der Waals surface area contributed by atoms with E-state index < -0.39 is 82.0 Å². The Morgan fingerprint density at radius 3 is 1.06 bits per heavy atom. The lowest BCUT2D eigenvalue weighted by molar-refractivity contribution is -0.135. The van der Waals surface area contributed by atoms with Crippen molar-refractivity contribution in [3.63, 3.8) is 0 Å². The molecule has 8 N–H and O–H groups in total. The summed E-state index contributed by atoms with van der Waals surface area (Å²) >= 11 is 0. The Kier molecular flexibility index (Phi) is 30.1. The number of likely N-dealkylation sites (tertiary alicyclic amines) is 1. The van der Waals surface area contributed by atoms with Crippen LogP contribution in [0.2, 0.25) is 0 Å². The molecule has 17 rings (SSSR count). The SMILES string of the molecule is O=C(NO)C1(S(=O)(=O)c2ccc(-c3ccc(-c4ccccc4)cn3)cc2)CCN(C2CC2)CC1.O=C(NO)C1(S(=O)(=O)c2ccc(-c3ccc(CCC4CCCCC4)cn3)cc2)CCOCC1.O=C(NO)C1(S(=O)(=O)c2ccc(-c3cnc(C4CCCC4)cn3)cc2)CCOCC1.O=C(NO)C1(S(=O)(=O)c2ccc(-c3cnc(CCC4CC4)cn3)cc2)CCOCC1. The van der Waals surface area contributed by atoms with E-state index >= 15 is 0 Å². The number of nitrogens with one attached hydrogen (secondary N) is 4. The van der Waals surface area contributed by atoms with Crippen LogP contribution in [0, 0.1) is 11.8 Å². The van der Waals surface area contributed by atoms with Crippen molar-refractivity contribution in [3.05, 3.63) is 206 Å². The van der Waals surface area contributed by atoms with Gasteiger partial charge >= 0.3 is 0 Å². The number of hydrogen-bond donors (Lipinski definition) is 8. The molecule has 4 amide bonds. The summed E-state index contributed by atoms with van der Waals surface area (Å²) in [5.74, 6) is -1.48. The molecule has 0 radical (unpaired) electrons. The lowest BCUT2D eigenvalue weighted by atomic mass is 9.85. The van der Waals surface area contributed by atoms with Crippen molar-refractivity contribution in [2.45, 2.75) is 211 Å². The minimum Gasteiger partial charge on any atom is -0.381 e. The van der Waals surface area contributed by atoms with E-state index in [1.54, 1.807) is 90.5 Å². The van der Waals surface area contributed by atoms with Gasteiger partial charge in [-0.15, -0.1) is 0 Å². The lowest BCUT2D eigenvalue weighted by Crippen LogP contribution is -2.58. The molecule has 4 aromatic heterocycles. The van der Waals surface area contributed by atoms with E-state index in [2.05, 4.69) is 40.9 Å². The normalized spacial score (nSPS) is 18.9. The number of carbonyl (C=O) groups is 4. The summed E-state index contributed by atoms with van der Waals surface area (Å²) < 4.78 is 116. The van der Waals surface area contributed by atoms with Crippen LogP contribution in [0.1, 0.15) is 171 Å². The number of pyridine rings is 2. The van der Waals surface area contributed by atoms with E-state index in [-0.39, 0.29) is 111 Å². The average molecular weight is 1810 g/mol. The van der Waals surface area contributed by atoms with Crippen molar-refractivity contribution in [2.75, 3.05) is 52.7 Å². The van der Waals surface area contributed by atoms with Crippen molar-refractivity contribution in [2.24, 2.45) is 11.8 Å². The quantitative estimate of drug-likeness (QED) is 0.0195. The Labute approximate surface area is 740 Å². The fourth-order valence-electron chi connectivity index (χ4n) is 18.1. The number of piperidine rings is 1. The van der Waals surface area contributed by atoms with Gasteiger partial charge in [-0.1, -0.05) is 149 Å². The predicted molar refractivity (Wildman–Crippen MR) is 470 cm³/mol.